The Hall–Kier alpha value is -1.16. The number of halogens is 1. The highest BCUT2D eigenvalue weighted by molar-refractivity contribution is 6.29. The first kappa shape index (κ1) is 9.09. The van der Waals surface area contributed by atoms with Crippen molar-refractivity contribution in [2.24, 2.45) is 0 Å². The van der Waals surface area contributed by atoms with E-state index in [0.29, 0.717) is 11.1 Å². The molecular formula is C10H11ClN4. The Morgan fingerprint density at radius 3 is 2.87 bits per heavy atom. The lowest BCUT2D eigenvalue weighted by atomic mass is 9.85. The standard InChI is InChI=1S/C10H11ClN4/c1-6-12-8(11)5-9-13-14-10(15(6)9)7-3-2-4-7/h5,7H,2-4H2,1H3. The first-order valence-corrected chi connectivity index (χ1v) is 5.51. The van der Waals surface area contributed by atoms with Crippen LogP contribution in [0.2, 0.25) is 5.15 Å². The van der Waals surface area contributed by atoms with Gasteiger partial charge >= 0.3 is 0 Å². The lowest BCUT2D eigenvalue weighted by molar-refractivity contribution is 0.397. The van der Waals surface area contributed by atoms with Gasteiger partial charge in [-0.25, -0.2) is 4.98 Å². The van der Waals surface area contributed by atoms with Gasteiger partial charge in [0.15, 0.2) is 5.65 Å². The molecule has 2 aromatic heterocycles. The average Bonchev–Trinajstić information content (AvgIpc) is 2.45. The predicted octanol–water partition coefficient (Wildman–Crippen LogP) is 2.35. The summed E-state index contributed by atoms with van der Waals surface area (Å²) in [5.41, 5.74) is 0.800. The highest BCUT2D eigenvalue weighted by atomic mass is 35.5. The molecule has 0 saturated heterocycles. The number of rotatable bonds is 1. The summed E-state index contributed by atoms with van der Waals surface area (Å²) in [5, 5.41) is 8.84. The van der Waals surface area contributed by atoms with Gasteiger partial charge in [0.2, 0.25) is 0 Å². The molecule has 4 nitrogen and oxygen atoms in total. The Morgan fingerprint density at radius 2 is 2.20 bits per heavy atom. The van der Waals surface area contributed by atoms with Crippen LogP contribution in [0.3, 0.4) is 0 Å². The fourth-order valence-corrected chi connectivity index (χ4v) is 2.23. The van der Waals surface area contributed by atoms with Crippen LogP contribution in [0.15, 0.2) is 6.07 Å². The molecule has 15 heavy (non-hydrogen) atoms. The highest BCUT2D eigenvalue weighted by Gasteiger charge is 2.25. The summed E-state index contributed by atoms with van der Waals surface area (Å²) in [5.74, 6) is 2.46. The van der Waals surface area contributed by atoms with E-state index in [0.717, 1.165) is 17.3 Å². The molecule has 0 aliphatic heterocycles. The third-order valence-electron chi connectivity index (χ3n) is 3.02. The molecule has 0 radical (unpaired) electrons. The van der Waals surface area contributed by atoms with E-state index in [1.165, 1.54) is 19.3 Å². The van der Waals surface area contributed by atoms with Gasteiger partial charge in [-0.1, -0.05) is 18.0 Å². The van der Waals surface area contributed by atoms with Crippen LogP contribution in [0.1, 0.15) is 36.8 Å². The van der Waals surface area contributed by atoms with Crippen LogP contribution in [0.25, 0.3) is 5.65 Å². The molecule has 0 N–H and O–H groups in total. The number of aryl methyl sites for hydroxylation is 1. The van der Waals surface area contributed by atoms with E-state index in [1.807, 2.05) is 11.3 Å². The van der Waals surface area contributed by atoms with E-state index in [-0.39, 0.29) is 0 Å². The molecule has 1 aliphatic carbocycles. The van der Waals surface area contributed by atoms with E-state index in [2.05, 4.69) is 15.2 Å². The molecule has 0 atom stereocenters. The molecule has 2 aromatic rings. The zero-order valence-corrected chi connectivity index (χ0v) is 9.20. The maximum Gasteiger partial charge on any atom is 0.165 e. The number of hydrogen-bond acceptors (Lipinski definition) is 3. The van der Waals surface area contributed by atoms with Gasteiger partial charge < -0.3 is 0 Å². The third-order valence-corrected chi connectivity index (χ3v) is 3.22. The van der Waals surface area contributed by atoms with Crippen molar-refractivity contribution in [3.05, 3.63) is 22.9 Å². The fourth-order valence-electron chi connectivity index (χ4n) is 2.01. The van der Waals surface area contributed by atoms with Crippen molar-refractivity contribution in [3.63, 3.8) is 0 Å². The van der Waals surface area contributed by atoms with Crippen LogP contribution in [-0.4, -0.2) is 19.6 Å². The highest BCUT2D eigenvalue weighted by Crippen LogP contribution is 2.35. The van der Waals surface area contributed by atoms with Crippen LogP contribution in [0.5, 0.6) is 0 Å². The van der Waals surface area contributed by atoms with E-state index in [1.54, 1.807) is 6.07 Å². The van der Waals surface area contributed by atoms with Crippen molar-refractivity contribution < 1.29 is 0 Å². The second-order valence-corrected chi connectivity index (χ2v) is 4.39. The van der Waals surface area contributed by atoms with Crippen molar-refractivity contribution >= 4 is 17.2 Å². The first-order chi connectivity index (χ1) is 7.25. The zero-order valence-electron chi connectivity index (χ0n) is 8.44. The van der Waals surface area contributed by atoms with Crippen LogP contribution < -0.4 is 0 Å². The Morgan fingerprint density at radius 1 is 1.40 bits per heavy atom. The molecule has 1 fully saturated rings. The van der Waals surface area contributed by atoms with Crippen molar-refractivity contribution in [2.45, 2.75) is 32.1 Å². The second kappa shape index (κ2) is 3.17. The van der Waals surface area contributed by atoms with Crippen molar-refractivity contribution in [1.29, 1.82) is 0 Å². The van der Waals surface area contributed by atoms with Gasteiger partial charge in [0, 0.05) is 12.0 Å². The third kappa shape index (κ3) is 1.32. The summed E-state index contributed by atoms with van der Waals surface area (Å²) in [4.78, 5) is 4.22. The minimum absolute atomic E-state index is 0.479. The van der Waals surface area contributed by atoms with E-state index in [9.17, 15) is 0 Å². The number of aromatic nitrogens is 4. The Kier molecular flexibility index (Phi) is 1.92. The molecule has 0 bridgehead atoms. The summed E-state index contributed by atoms with van der Waals surface area (Å²) in [6.07, 6.45) is 3.71. The predicted molar refractivity (Wildman–Crippen MR) is 57.1 cm³/mol. The zero-order chi connectivity index (χ0) is 10.4. The van der Waals surface area contributed by atoms with Crippen LogP contribution >= 0.6 is 11.6 Å². The summed E-state index contributed by atoms with van der Waals surface area (Å²) in [7, 11) is 0. The quantitative estimate of drug-likeness (QED) is 0.696. The van der Waals surface area contributed by atoms with Gasteiger partial charge in [-0.15, -0.1) is 10.2 Å². The van der Waals surface area contributed by atoms with Crippen LogP contribution in [0.4, 0.5) is 0 Å². The van der Waals surface area contributed by atoms with E-state index < -0.39 is 0 Å². The Bertz CT molecular complexity index is 515. The minimum atomic E-state index is 0.479. The normalized spacial score (nSPS) is 16.9. The van der Waals surface area contributed by atoms with Gasteiger partial charge in [0.25, 0.3) is 0 Å². The maximum atomic E-state index is 5.87. The van der Waals surface area contributed by atoms with Crippen molar-refractivity contribution in [1.82, 2.24) is 19.6 Å². The second-order valence-electron chi connectivity index (χ2n) is 4.01. The molecule has 0 amide bonds. The number of nitrogens with zero attached hydrogens (tertiary/aromatic N) is 4. The molecular weight excluding hydrogens is 212 g/mol. The Balaban J connectivity index is 2.23. The molecule has 5 heteroatoms. The molecule has 0 unspecified atom stereocenters. The lowest BCUT2D eigenvalue weighted by Crippen LogP contribution is -2.13. The van der Waals surface area contributed by atoms with Gasteiger partial charge in [0.05, 0.1) is 0 Å². The number of hydrogen-bond donors (Lipinski definition) is 0. The maximum absolute atomic E-state index is 5.87. The average molecular weight is 223 g/mol. The van der Waals surface area contributed by atoms with Crippen LogP contribution in [0, 0.1) is 6.92 Å². The first-order valence-electron chi connectivity index (χ1n) is 5.14. The topological polar surface area (TPSA) is 43.1 Å². The molecule has 1 aliphatic rings. The molecule has 3 rings (SSSR count). The van der Waals surface area contributed by atoms with Gasteiger partial charge in [-0.05, 0) is 19.8 Å². The van der Waals surface area contributed by atoms with Gasteiger partial charge in [-0.2, -0.15) is 0 Å². The molecule has 0 spiro atoms. The SMILES string of the molecule is Cc1nc(Cl)cc2nnc(C3CCC3)n12. The molecule has 2 heterocycles. The summed E-state index contributed by atoms with van der Waals surface area (Å²) in [6.45, 7) is 1.93. The van der Waals surface area contributed by atoms with Gasteiger partial charge in [0.1, 0.15) is 16.8 Å². The summed E-state index contributed by atoms with van der Waals surface area (Å²) < 4.78 is 2.01. The van der Waals surface area contributed by atoms with Crippen molar-refractivity contribution in [2.75, 3.05) is 0 Å². The largest absolute Gasteiger partial charge is 0.266 e. The summed E-state index contributed by atoms with van der Waals surface area (Å²) in [6, 6.07) is 1.75. The molecule has 1 saturated carbocycles. The molecule has 0 aromatic carbocycles. The monoisotopic (exact) mass is 222 g/mol. The molecule has 78 valence electrons. The number of fused-ring (bicyclic) bond motifs is 1. The van der Waals surface area contributed by atoms with Crippen molar-refractivity contribution in [3.8, 4) is 0 Å². The van der Waals surface area contributed by atoms with E-state index >= 15 is 0 Å². The smallest absolute Gasteiger partial charge is 0.165 e. The van der Waals surface area contributed by atoms with E-state index in [4.69, 9.17) is 11.6 Å². The van der Waals surface area contributed by atoms with Gasteiger partial charge in [-0.3, -0.25) is 4.40 Å². The minimum Gasteiger partial charge on any atom is -0.266 e. The fraction of sp³-hybridized carbons (Fsp3) is 0.500. The Labute approximate surface area is 92.3 Å². The lowest BCUT2D eigenvalue weighted by Gasteiger charge is -2.23. The van der Waals surface area contributed by atoms with Crippen LogP contribution in [-0.2, 0) is 0 Å². The summed E-state index contributed by atoms with van der Waals surface area (Å²) >= 11 is 5.87.